The molecular formula is C16H11F3N2O. The fourth-order valence-electron chi connectivity index (χ4n) is 1.83. The van der Waals surface area contributed by atoms with Gasteiger partial charge in [-0.05, 0) is 24.3 Å². The smallest absolute Gasteiger partial charge is 0.417 e. The van der Waals surface area contributed by atoms with Crippen LogP contribution >= 0.6 is 0 Å². The van der Waals surface area contributed by atoms with Gasteiger partial charge < -0.3 is 4.74 Å². The Morgan fingerprint density at radius 2 is 1.95 bits per heavy atom. The van der Waals surface area contributed by atoms with E-state index in [1.807, 2.05) is 6.07 Å². The molecule has 0 fully saturated rings. The third-order valence-corrected chi connectivity index (χ3v) is 2.93. The molecule has 0 unspecified atom stereocenters. The normalized spacial score (nSPS) is 11.9. The van der Waals surface area contributed by atoms with Crippen LogP contribution in [0.4, 0.5) is 13.2 Å². The first-order valence-electron chi connectivity index (χ1n) is 6.24. The van der Waals surface area contributed by atoms with E-state index in [-0.39, 0.29) is 11.3 Å². The van der Waals surface area contributed by atoms with E-state index in [0.717, 1.165) is 6.07 Å². The zero-order valence-electron chi connectivity index (χ0n) is 11.6. The Bertz CT molecular complexity index is 728. The van der Waals surface area contributed by atoms with E-state index < -0.39 is 11.7 Å². The molecule has 0 saturated heterocycles. The van der Waals surface area contributed by atoms with Gasteiger partial charge in [0.15, 0.2) is 0 Å². The van der Waals surface area contributed by atoms with Crippen molar-refractivity contribution in [2.45, 2.75) is 6.18 Å². The number of methoxy groups -OCH3 is 1. The van der Waals surface area contributed by atoms with Gasteiger partial charge in [-0.1, -0.05) is 18.2 Å². The summed E-state index contributed by atoms with van der Waals surface area (Å²) in [6.07, 6.45) is -2.22. The van der Waals surface area contributed by atoms with Crippen molar-refractivity contribution < 1.29 is 17.9 Å². The number of hydrogen-bond donors (Lipinski definition) is 0. The van der Waals surface area contributed by atoms with Crippen molar-refractivity contribution in [3.63, 3.8) is 0 Å². The highest BCUT2D eigenvalue weighted by molar-refractivity contribution is 5.89. The first-order chi connectivity index (χ1) is 10.5. The number of hydrogen-bond acceptors (Lipinski definition) is 3. The first kappa shape index (κ1) is 15.6. The Morgan fingerprint density at radius 3 is 2.50 bits per heavy atom. The largest absolute Gasteiger partial charge is 0.496 e. The average molecular weight is 304 g/mol. The van der Waals surface area contributed by atoms with Crippen LogP contribution in [0.3, 0.4) is 0 Å². The number of para-hydroxylation sites is 1. The molecular weight excluding hydrogens is 293 g/mol. The molecule has 0 aliphatic rings. The van der Waals surface area contributed by atoms with E-state index in [1.54, 1.807) is 24.3 Å². The summed E-state index contributed by atoms with van der Waals surface area (Å²) in [5, 5.41) is 9.21. The number of halogens is 3. The number of aromatic nitrogens is 1. The van der Waals surface area contributed by atoms with E-state index in [9.17, 15) is 18.4 Å². The number of rotatable bonds is 3. The molecule has 0 amide bonds. The summed E-state index contributed by atoms with van der Waals surface area (Å²) in [7, 11) is 1.50. The molecule has 2 rings (SSSR count). The fraction of sp³-hybridized carbons (Fsp3) is 0.125. The van der Waals surface area contributed by atoms with Crippen molar-refractivity contribution in [1.29, 1.82) is 5.26 Å². The number of allylic oxidation sites excluding steroid dienone is 1. The first-order valence-corrected chi connectivity index (χ1v) is 6.24. The fourth-order valence-corrected chi connectivity index (χ4v) is 1.83. The van der Waals surface area contributed by atoms with Crippen LogP contribution in [-0.4, -0.2) is 12.1 Å². The molecule has 6 heteroatoms. The maximum atomic E-state index is 12.5. The van der Waals surface area contributed by atoms with E-state index in [2.05, 4.69) is 4.98 Å². The Labute approximate surface area is 125 Å². The maximum absolute atomic E-state index is 12.5. The highest BCUT2D eigenvalue weighted by Gasteiger charge is 2.30. The van der Waals surface area contributed by atoms with E-state index in [0.29, 0.717) is 17.5 Å². The van der Waals surface area contributed by atoms with Crippen LogP contribution in [0.5, 0.6) is 5.75 Å². The molecule has 0 atom stereocenters. The molecule has 1 aromatic heterocycles. The average Bonchev–Trinajstić information content (AvgIpc) is 2.52. The second-order valence-electron chi connectivity index (χ2n) is 4.34. The zero-order valence-corrected chi connectivity index (χ0v) is 11.6. The molecule has 0 bridgehead atoms. The van der Waals surface area contributed by atoms with Crippen LogP contribution in [0.2, 0.25) is 0 Å². The minimum Gasteiger partial charge on any atom is -0.496 e. The second kappa shape index (κ2) is 6.31. The lowest BCUT2D eigenvalue weighted by molar-refractivity contribution is -0.137. The van der Waals surface area contributed by atoms with Gasteiger partial charge in [-0.2, -0.15) is 18.4 Å². The summed E-state index contributed by atoms with van der Waals surface area (Å²) in [5.74, 6) is 0.558. The molecule has 1 heterocycles. The molecule has 0 saturated carbocycles. The Kier molecular flexibility index (Phi) is 4.47. The summed E-state index contributed by atoms with van der Waals surface area (Å²) in [6.45, 7) is 0. The van der Waals surface area contributed by atoms with E-state index in [4.69, 9.17) is 4.74 Å². The summed E-state index contributed by atoms with van der Waals surface area (Å²) < 4.78 is 42.7. The monoisotopic (exact) mass is 304 g/mol. The summed E-state index contributed by atoms with van der Waals surface area (Å²) in [4.78, 5) is 3.72. The van der Waals surface area contributed by atoms with E-state index >= 15 is 0 Å². The van der Waals surface area contributed by atoms with Gasteiger partial charge in [-0.25, -0.2) is 0 Å². The standard InChI is InChI=1S/C16H11F3N2O/c1-22-15-5-3-2-4-11(15)8-12(9-20)14-7-6-13(10-21-14)16(17,18)19/h2-8,10H,1H3/b12-8+. The van der Waals surface area contributed by atoms with Crippen LogP contribution in [-0.2, 0) is 6.18 Å². The minimum atomic E-state index is -4.45. The SMILES string of the molecule is COc1ccccc1/C=C(\C#N)c1ccc(C(F)(F)F)cn1. The van der Waals surface area contributed by atoms with E-state index in [1.165, 1.54) is 19.3 Å². The summed E-state index contributed by atoms with van der Waals surface area (Å²) in [6, 6.07) is 11.0. The highest BCUT2D eigenvalue weighted by atomic mass is 19.4. The van der Waals surface area contributed by atoms with Gasteiger partial charge in [-0.15, -0.1) is 0 Å². The number of benzene rings is 1. The van der Waals surface area contributed by atoms with Crippen LogP contribution in [0.15, 0.2) is 42.6 Å². The highest BCUT2D eigenvalue weighted by Crippen LogP contribution is 2.29. The predicted molar refractivity (Wildman–Crippen MR) is 75.7 cm³/mol. The van der Waals surface area contributed by atoms with Gasteiger partial charge in [0.05, 0.1) is 23.9 Å². The lowest BCUT2D eigenvalue weighted by Gasteiger charge is -2.07. The third-order valence-electron chi connectivity index (χ3n) is 2.93. The van der Waals surface area contributed by atoms with Crippen molar-refractivity contribution in [3.8, 4) is 11.8 Å². The molecule has 0 spiro atoms. The van der Waals surface area contributed by atoms with Gasteiger partial charge in [-0.3, -0.25) is 4.98 Å². The van der Waals surface area contributed by atoms with Gasteiger partial charge in [0, 0.05) is 11.8 Å². The third kappa shape index (κ3) is 3.44. The Balaban J connectivity index is 2.40. The van der Waals surface area contributed by atoms with Crippen LogP contribution in [0, 0.1) is 11.3 Å². The van der Waals surface area contributed by atoms with Crippen molar-refractivity contribution in [2.75, 3.05) is 7.11 Å². The number of nitriles is 1. The van der Waals surface area contributed by atoms with Crippen molar-refractivity contribution in [1.82, 2.24) is 4.98 Å². The van der Waals surface area contributed by atoms with Crippen molar-refractivity contribution in [3.05, 3.63) is 59.4 Å². The molecule has 3 nitrogen and oxygen atoms in total. The Morgan fingerprint density at radius 1 is 1.23 bits per heavy atom. The lowest BCUT2D eigenvalue weighted by Crippen LogP contribution is -2.05. The predicted octanol–water partition coefficient (Wildman–Crippen LogP) is 4.17. The van der Waals surface area contributed by atoms with Gasteiger partial charge >= 0.3 is 6.18 Å². The number of pyridine rings is 1. The van der Waals surface area contributed by atoms with Gasteiger partial charge in [0.25, 0.3) is 0 Å². The molecule has 2 aromatic rings. The lowest BCUT2D eigenvalue weighted by atomic mass is 10.1. The maximum Gasteiger partial charge on any atom is 0.417 e. The number of alkyl halides is 3. The molecule has 0 N–H and O–H groups in total. The summed E-state index contributed by atoms with van der Waals surface area (Å²) in [5.41, 5.74) is 0.105. The number of ether oxygens (including phenoxy) is 1. The minimum absolute atomic E-state index is 0.151. The number of nitrogens with zero attached hydrogens (tertiary/aromatic N) is 2. The quantitative estimate of drug-likeness (QED) is 0.799. The molecule has 22 heavy (non-hydrogen) atoms. The van der Waals surface area contributed by atoms with Crippen LogP contribution < -0.4 is 4.74 Å². The zero-order chi connectivity index (χ0) is 16.2. The topological polar surface area (TPSA) is 45.9 Å². The molecule has 0 radical (unpaired) electrons. The van der Waals surface area contributed by atoms with Crippen molar-refractivity contribution >= 4 is 11.6 Å². The Hall–Kier alpha value is -2.81. The van der Waals surface area contributed by atoms with Crippen LogP contribution in [0.1, 0.15) is 16.8 Å². The van der Waals surface area contributed by atoms with Crippen molar-refractivity contribution in [2.24, 2.45) is 0 Å². The second-order valence-corrected chi connectivity index (χ2v) is 4.34. The molecule has 0 aliphatic heterocycles. The molecule has 0 aliphatic carbocycles. The van der Waals surface area contributed by atoms with Gasteiger partial charge in [0.2, 0.25) is 0 Å². The van der Waals surface area contributed by atoms with Gasteiger partial charge in [0.1, 0.15) is 11.8 Å². The summed E-state index contributed by atoms with van der Waals surface area (Å²) >= 11 is 0. The molecule has 112 valence electrons. The van der Waals surface area contributed by atoms with Crippen LogP contribution in [0.25, 0.3) is 11.6 Å². The molecule has 1 aromatic carbocycles.